The van der Waals surface area contributed by atoms with E-state index in [0.29, 0.717) is 6.04 Å². The fourth-order valence-electron chi connectivity index (χ4n) is 1.52. The van der Waals surface area contributed by atoms with E-state index in [-0.39, 0.29) is 0 Å². The Bertz CT molecular complexity index is 327. The van der Waals surface area contributed by atoms with Crippen LogP contribution in [-0.4, -0.2) is 19.0 Å². The molecule has 76 valence electrons. The second kappa shape index (κ2) is 4.24. The Morgan fingerprint density at radius 1 is 1.57 bits per heavy atom. The van der Waals surface area contributed by atoms with Crippen LogP contribution in [0.3, 0.4) is 0 Å². The molecule has 2 nitrogen and oxygen atoms in total. The van der Waals surface area contributed by atoms with Crippen molar-refractivity contribution in [1.29, 1.82) is 0 Å². The summed E-state index contributed by atoms with van der Waals surface area (Å²) in [6.07, 6.45) is 1.07. The molecule has 0 aromatic heterocycles. The molecule has 0 unspecified atom stereocenters. The van der Waals surface area contributed by atoms with Crippen molar-refractivity contribution in [3.63, 3.8) is 0 Å². The Morgan fingerprint density at radius 2 is 2.43 bits per heavy atom. The number of fused-ring (bicyclic) bond motifs is 1. The molecule has 3 heteroatoms. The molecule has 0 saturated carbocycles. The highest BCUT2D eigenvalue weighted by molar-refractivity contribution is 7.99. The van der Waals surface area contributed by atoms with Gasteiger partial charge in [-0.15, -0.1) is 0 Å². The van der Waals surface area contributed by atoms with Gasteiger partial charge in [-0.05, 0) is 38.1 Å². The first-order chi connectivity index (χ1) is 6.79. The number of nitrogens with one attached hydrogen (secondary N) is 1. The summed E-state index contributed by atoms with van der Waals surface area (Å²) in [6, 6.07) is 6.99. The van der Waals surface area contributed by atoms with Gasteiger partial charge in [0.1, 0.15) is 11.7 Å². The van der Waals surface area contributed by atoms with Gasteiger partial charge in [0, 0.05) is 6.04 Å². The van der Waals surface area contributed by atoms with E-state index in [9.17, 15) is 0 Å². The number of hydrogen-bond donors (Lipinski definition) is 1. The average Bonchev–Trinajstić information content (AvgIpc) is 2.64. The Labute approximate surface area is 89.0 Å². The Kier molecular flexibility index (Phi) is 2.99. The summed E-state index contributed by atoms with van der Waals surface area (Å²) >= 11 is 1.77. The maximum atomic E-state index is 5.43. The monoisotopic (exact) mass is 209 g/mol. The molecular formula is C11H15NOS. The van der Waals surface area contributed by atoms with E-state index in [4.69, 9.17) is 4.74 Å². The zero-order valence-corrected chi connectivity index (χ0v) is 9.36. The second-order valence-corrected chi connectivity index (χ2v) is 4.55. The molecule has 1 aliphatic rings. The van der Waals surface area contributed by atoms with Crippen LogP contribution in [0.1, 0.15) is 12.5 Å². The number of likely N-dealkylation sites (N-methyl/N-ethyl adjacent to an activating group) is 1. The van der Waals surface area contributed by atoms with Crippen LogP contribution in [0.4, 0.5) is 0 Å². The van der Waals surface area contributed by atoms with E-state index in [2.05, 4.69) is 30.4 Å². The standard InChI is InChI=1S/C11H15NOS/c1-8(12-2)5-9-3-4-10-11(6-9)14-7-13-10/h3-4,6,8,12H,5,7H2,1-2H3/t8-/m1/s1. The molecular weight excluding hydrogens is 194 g/mol. The van der Waals surface area contributed by atoms with Crippen molar-refractivity contribution in [1.82, 2.24) is 5.32 Å². The smallest absolute Gasteiger partial charge is 0.138 e. The SMILES string of the molecule is CN[C@H](C)Cc1ccc2c(c1)SCO2. The predicted molar refractivity (Wildman–Crippen MR) is 60.0 cm³/mol. The van der Waals surface area contributed by atoms with Crippen molar-refractivity contribution < 1.29 is 4.74 Å². The van der Waals surface area contributed by atoms with Crippen molar-refractivity contribution >= 4 is 11.8 Å². The van der Waals surface area contributed by atoms with Gasteiger partial charge in [0.2, 0.25) is 0 Å². The predicted octanol–water partition coefficient (Wildman–Crippen LogP) is 2.28. The van der Waals surface area contributed by atoms with E-state index in [0.717, 1.165) is 18.1 Å². The van der Waals surface area contributed by atoms with Gasteiger partial charge in [-0.2, -0.15) is 0 Å². The zero-order chi connectivity index (χ0) is 9.97. The van der Waals surface area contributed by atoms with Gasteiger partial charge in [0.25, 0.3) is 0 Å². The van der Waals surface area contributed by atoms with Crippen LogP contribution in [0.2, 0.25) is 0 Å². The minimum Gasteiger partial charge on any atom is -0.481 e. The number of ether oxygens (including phenoxy) is 1. The van der Waals surface area contributed by atoms with Gasteiger partial charge in [-0.25, -0.2) is 0 Å². The summed E-state index contributed by atoms with van der Waals surface area (Å²) in [6.45, 7) is 2.19. The molecule has 0 bridgehead atoms. The third-order valence-electron chi connectivity index (χ3n) is 2.47. The lowest BCUT2D eigenvalue weighted by Crippen LogP contribution is -2.23. The van der Waals surface area contributed by atoms with Gasteiger partial charge in [-0.1, -0.05) is 17.8 Å². The topological polar surface area (TPSA) is 21.3 Å². The molecule has 1 atom stereocenters. The molecule has 0 radical (unpaired) electrons. The first-order valence-electron chi connectivity index (χ1n) is 4.85. The van der Waals surface area contributed by atoms with Gasteiger partial charge in [0.15, 0.2) is 0 Å². The van der Waals surface area contributed by atoms with Crippen molar-refractivity contribution in [2.45, 2.75) is 24.3 Å². The number of benzene rings is 1. The summed E-state index contributed by atoms with van der Waals surface area (Å²) in [5.74, 6) is 1.80. The van der Waals surface area contributed by atoms with Crippen LogP contribution >= 0.6 is 11.8 Å². The van der Waals surface area contributed by atoms with E-state index in [1.807, 2.05) is 7.05 Å². The van der Waals surface area contributed by atoms with Crippen LogP contribution in [0, 0.1) is 0 Å². The average molecular weight is 209 g/mol. The number of rotatable bonds is 3. The van der Waals surface area contributed by atoms with Crippen LogP contribution in [0.15, 0.2) is 23.1 Å². The highest BCUT2D eigenvalue weighted by Gasteiger charge is 2.13. The maximum absolute atomic E-state index is 5.43. The van der Waals surface area contributed by atoms with Gasteiger partial charge in [-0.3, -0.25) is 0 Å². The Morgan fingerprint density at radius 3 is 3.21 bits per heavy atom. The minimum atomic E-state index is 0.528. The summed E-state index contributed by atoms with van der Waals surface area (Å²) in [5.41, 5.74) is 1.38. The molecule has 1 heterocycles. The molecule has 0 spiro atoms. The van der Waals surface area contributed by atoms with Crippen LogP contribution < -0.4 is 10.1 Å². The van der Waals surface area contributed by atoms with Crippen LogP contribution in [-0.2, 0) is 6.42 Å². The van der Waals surface area contributed by atoms with Crippen molar-refractivity contribution in [3.05, 3.63) is 23.8 Å². The summed E-state index contributed by atoms with van der Waals surface area (Å²) in [5, 5.41) is 3.24. The van der Waals surface area contributed by atoms with E-state index < -0.39 is 0 Å². The Balaban J connectivity index is 2.12. The van der Waals surface area contributed by atoms with Crippen LogP contribution in [0.5, 0.6) is 5.75 Å². The molecule has 1 aromatic carbocycles. The molecule has 0 fully saturated rings. The quantitative estimate of drug-likeness (QED) is 0.825. The molecule has 0 aliphatic carbocycles. The Hall–Kier alpha value is -0.670. The fourth-order valence-corrected chi connectivity index (χ4v) is 2.34. The van der Waals surface area contributed by atoms with Crippen molar-refractivity contribution in [3.8, 4) is 5.75 Å². The molecule has 0 saturated heterocycles. The highest BCUT2D eigenvalue weighted by atomic mass is 32.2. The molecule has 1 aromatic rings. The minimum absolute atomic E-state index is 0.528. The number of thioether (sulfide) groups is 1. The normalized spacial score (nSPS) is 16.1. The summed E-state index contributed by atoms with van der Waals surface area (Å²) in [7, 11) is 2.00. The largest absolute Gasteiger partial charge is 0.481 e. The lowest BCUT2D eigenvalue weighted by atomic mass is 10.1. The lowest BCUT2D eigenvalue weighted by Gasteiger charge is -2.10. The molecule has 1 aliphatic heterocycles. The maximum Gasteiger partial charge on any atom is 0.138 e. The zero-order valence-electron chi connectivity index (χ0n) is 8.54. The third kappa shape index (κ3) is 2.04. The first-order valence-corrected chi connectivity index (χ1v) is 5.84. The number of hydrogen-bond acceptors (Lipinski definition) is 3. The first kappa shape index (κ1) is 9.87. The van der Waals surface area contributed by atoms with E-state index in [1.165, 1.54) is 10.5 Å². The molecule has 0 amide bonds. The van der Waals surface area contributed by atoms with Crippen molar-refractivity contribution in [2.24, 2.45) is 0 Å². The third-order valence-corrected chi connectivity index (χ3v) is 3.34. The fraction of sp³-hybridized carbons (Fsp3) is 0.455. The summed E-state index contributed by atoms with van der Waals surface area (Å²) in [4.78, 5) is 1.28. The van der Waals surface area contributed by atoms with E-state index in [1.54, 1.807) is 11.8 Å². The molecule has 1 N–H and O–H groups in total. The van der Waals surface area contributed by atoms with E-state index >= 15 is 0 Å². The summed E-state index contributed by atoms with van der Waals surface area (Å²) < 4.78 is 5.43. The van der Waals surface area contributed by atoms with Gasteiger partial charge in [0.05, 0.1) is 4.90 Å². The van der Waals surface area contributed by atoms with Crippen molar-refractivity contribution in [2.75, 3.05) is 13.0 Å². The molecule has 14 heavy (non-hydrogen) atoms. The highest BCUT2D eigenvalue weighted by Crippen LogP contribution is 2.36. The van der Waals surface area contributed by atoms with Gasteiger partial charge >= 0.3 is 0 Å². The van der Waals surface area contributed by atoms with Gasteiger partial charge < -0.3 is 10.1 Å². The van der Waals surface area contributed by atoms with Crippen LogP contribution in [0.25, 0.3) is 0 Å². The second-order valence-electron chi connectivity index (χ2n) is 3.58. The molecule has 2 rings (SSSR count). The lowest BCUT2D eigenvalue weighted by molar-refractivity contribution is 0.397.